The molecule has 0 fully saturated rings. The second kappa shape index (κ2) is 47.9. The van der Waals surface area contributed by atoms with E-state index in [4.69, 9.17) is 33.5 Å². The summed E-state index contributed by atoms with van der Waals surface area (Å²) in [5.41, 5.74) is 27.4. The number of benzene rings is 12. The molecule has 18 rings (SSSR count). The van der Waals surface area contributed by atoms with Crippen molar-refractivity contribution >= 4 is 60.4 Å². The van der Waals surface area contributed by atoms with E-state index in [2.05, 4.69) is 165 Å². The Morgan fingerprint density at radius 3 is 0.667 bits per heavy atom. The molecule has 1 unspecified atom stereocenters. The van der Waals surface area contributed by atoms with E-state index in [0.717, 1.165) is 111 Å². The fraction of sp³-hybridized carbons (Fsp3) is 0.281. The average Bonchev–Trinajstić information content (AvgIpc) is 1.65. The van der Waals surface area contributed by atoms with Crippen molar-refractivity contribution in [3.63, 3.8) is 0 Å². The molecule has 724 valence electrons. The highest BCUT2D eigenvalue weighted by Gasteiger charge is 2.37. The Balaban J connectivity index is 0.000000153. The number of aliphatic carboxylic acids is 3. The number of amides is 7. The molecule has 27 heteroatoms. The summed E-state index contributed by atoms with van der Waals surface area (Å²) in [6, 6.07) is 96.5. The van der Waals surface area contributed by atoms with Crippen molar-refractivity contribution in [3.8, 4) is 66.8 Å². The molecule has 0 saturated carbocycles. The summed E-state index contributed by atoms with van der Waals surface area (Å²) in [7, 11) is 0. The van der Waals surface area contributed by atoms with Gasteiger partial charge in [0.2, 0.25) is 5.91 Å². The van der Waals surface area contributed by atoms with Crippen molar-refractivity contribution in [1.29, 1.82) is 0 Å². The number of hydrogen-bond acceptors (Lipinski definition) is 17. The highest BCUT2D eigenvalue weighted by atomic mass is 16.6. The molecule has 0 spiro atoms. The Bertz CT molecular complexity index is 5990. The third kappa shape index (κ3) is 24.4. The molecule has 141 heavy (non-hydrogen) atoms. The normalized spacial score (nSPS) is 13.1. The average molecular weight is 1900 g/mol. The van der Waals surface area contributed by atoms with Crippen LogP contribution >= 0.6 is 0 Å². The highest BCUT2D eigenvalue weighted by Crippen LogP contribution is 2.51. The van der Waals surface area contributed by atoms with E-state index >= 15 is 0 Å². The Hall–Kier alpha value is -15.9. The molecule has 27 nitrogen and oxygen atoms in total. The van der Waals surface area contributed by atoms with E-state index in [1.165, 1.54) is 22.3 Å². The largest absolute Gasteiger partial charge is 0.481 e. The lowest BCUT2D eigenvalue weighted by Crippen LogP contribution is -2.41. The van der Waals surface area contributed by atoms with Crippen LogP contribution in [0.25, 0.3) is 66.8 Å². The fourth-order valence-corrected chi connectivity index (χ4v) is 20.1. The molecule has 0 heterocycles. The molecule has 12 aromatic carbocycles. The van der Waals surface area contributed by atoms with E-state index in [1.54, 1.807) is 9.80 Å². The Labute approximate surface area is 818 Å². The molecule has 9 N–H and O–H groups in total. The standard InChI is InChI=1S/C40H41N3O7.C38H39N3O6.C36H34N2O6/c44-37(19-20-38(45)46)43(23-9-21-41-39(47)49-25-35-31-15-5-1-11-27(31)28-12-2-6-16-32(28)35)24-10-22-42-40(48)50-26-36-33-17-7-3-13-29(33)30-14-4-8-18-34(30)36;42-36(43)23-41(21-9-19-39-37(44)46-24-34-30-15-5-1-11-26(30)27-12-2-6-16-31(27)34)22-10-20-40-38(45)47-25-35-32-17-7-3-13-28(32)29-14-4-8-18-33(29)35;39-34(40)33(38-36(42)44-22-32-29-17-7-3-13-25(29)26-14-4-8-18-30(26)32)19-9-10-20-37-35(41)43-21-31-27-15-5-1-11-23(27)24-12-2-6-16-28(24)31/h1-8,11-18,35-36H,9-10,19-26H2,(H,41,47)(H,42,48)(H,45,46);1-8,11-18,34-35H,9-10,19-25H2,(H,39,44)(H,40,45)(H,42,43);1-8,11-18,31-33H,9-10,19-22H2,(H,37,41)(H,38,42)(H,39,40). The Morgan fingerprint density at radius 1 is 0.248 bits per heavy atom. The van der Waals surface area contributed by atoms with Gasteiger partial charge in [0.1, 0.15) is 45.7 Å². The Morgan fingerprint density at radius 2 is 0.454 bits per heavy atom. The van der Waals surface area contributed by atoms with Crippen LogP contribution in [-0.2, 0) is 47.6 Å². The second-order valence-electron chi connectivity index (χ2n) is 35.5. The summed E-state index contributed by atoms with van der Waals surface area (Å²) >= 11 is 0. The van der Waals surface area contributed by atoms with Gasteiger partial charge in [-0.15, -0.1) is 0 Å². The molecule has 0 aromatic heterocycles. The summed E-state index contributed by atoms with van der Waals surface area (Å²) in [6.45, 7) is 4.24. The number of unbranched alkanes of at least 4 members (excludes halogenated alkanes) is 1. The number of rotatable bonds is 40. The van der Waals surface area contributed by atoms with Crippen LogP contribution in [-0.4, -0.2) is 197 Å². The number of hydrogen-bond donors (Lipinski definition) is 9. The molecule has 7 amide bonds. The lowest BCUT2D eigenvalue weighted by Gasteiger charge is -2.23. The van der Waals surface area contributed by atoms with E-state index in [9.17, 15) is 58.2 Å². The third-order valence-corrected chi connectivity index (χ3v) is 26.7. The SMILES string of the molecule is O=C(NCCCCC(NC(=O)OCC1c2ccccc2-c2ccccc21)C(=O)O)OCC1c2ccccc2-c2ccccc21.O=C(O)CCC(=O)N(CCCNC(=O)OCC1c2ccccc2-c2ccccc21)CCCNC(=O)OCC1c2ccccc2-c2ccccc21.O=C(O)CN(CCCNC(=O)OCC1c2ccccc2-c2ccccc21)CCCNC(=O)OCC1c2ccccc2-c2ccccc21. The van der Waals surface area contributed by atoms with Gasteiger partial charge < -0.3 is 80.5 Å². The van der Waals surface area contributed by atoms with Gasteiger partial charge >= 0.3 is 54.5 Å². The fourth-order valence-electron chi connectivity index (χ4n) is 20.1. The van der Waals surface area contributed by atoms with E-state index in [-0.39, 0.29) is 120 Å². The van der Waals surface area contributed by atoms with Crippen molar-refractivity contribution in [2.45, 2.75) is 99.3 Å². The minimum Gasteiger partial charge on any atom is -0.481 e. The van der Waals surface area contributed by atoms with Gasteiger partial charge in [-0.05, 0) is 178 Å². The van der Waals surface area contributed by atoms with Gasteiger partial charge in [-0.25, -0.2) is 33.6 Å². The summed E-state index contributed by atoms with van der Waals surface area (Å²) in [5, 5.41) is 44.4. The number of ether oxygens (including phenoxy) is 6. The Kier molecular flexibility index (Phi) is 33.4. The van der Waals surface area contributed by atoms with Gasteiger partial charge in [0.15, 0.2) is 0 Å². The predicted octanol–water partition coefficient (Wildman–Crippen LogP) is 19.5. The maximum absolute atomic E-state index is 12.8. The van der Waals surface area contributed by atoms with Crippen LogP contribution in [0.5, 0.6) is 0 Å². The van der Waals surface area contributed by atoms with Crippen LogP contribution in [0.15, 0.2) is 291 Å². The van der Waals surface area contributed by atoms with Crippen LogP contribution in [0, 0.1) is 0 Å². The van der Waals surface area contributed by atoms with Gasteiger partial charge in [-0.2, -0.15) is 0 Å². The second-order valence-corrected chi connectivity index (χ2v) is 35.5. The molecule has 6 aliphatic rings. The van der Waals surface area contributed by atoms with Crippen molar-refractivity contribution in [3.05, 3.63) is 358 Å². The zero-order chi connectivity index (χ0) is 97.9. The molecule has 6 aliphatic carbocycles. The van der Waals surface area contributed by atoms with Crippen LogP contribution in [0.1, 0.15) is 160 Å². The first-order valence-electron chi connectivity index (χ1n) is 48.1. The lowest BCUT2D eigenvalue weighted by atomic mass is 9.98. The van der Waals surface area contributed by atoms with Gasteiger partial charge in [0.25, 0.3) is 0 Å². The molecule has 0 radical (unpaired) electrons. The highest BCUT2D eigenvalue weighted by molar-refractivity contribution is 5.87. The summed E-state index contributed by atoms with van der Waals surface area (Å²) < 4.78 is 33.4. The number of carbonyl (C=O) groups excluding carboxylic acids is 7. The molecule has 0 saturated heterocycles. The van der Waals surface area contributed by atoms with Crippen LogP contribution in [0.4, 0.5) is 28.8 Å². The molecule has 0 aliphatic heterocycles. The summed E-state index contributed by atoms with van der Waals surface area (Å²) in [5.74, 6) is -3.66. The van der Waals surface area contributed by atoms with Crippen LogP contribution in [0.3, 0.4) is 0 Å². The summed E-state index contributed by atoms with van der Waals surface area (Å²) in [4.78, 5) is 126. The minimum atomic E-state index is -1.14. The first kappa shape index (κ1) is 98.2. The van der Waals surface area contributed by atoms with Crippen LogP contribution < -0.4 is 31.9 Å². The lowest BCUT2D eigenvalue weighted by molar-refractivity contribution is -0.141. The molecular weight excluding hydrogens is 1790 g/mol. The van der Waals surface area contributed by atoms with Gasteiger partial charge in [0.05, 0.1) is 13.0 Å². The van der Waals surface area contributed by atoms with Gasteiger partial charge in [-0.1, -0.05) is 291 Å². The topological polar surface area (TPSA) is 365 Å². The number of nitrogens with one attached hydrogen (secondary N) is 6. The smallest absolute Gasteiger partial charge is 0.407 e. The van der Waals surface area contributed by atoms with Crippen molar-refractivity contribution < 1.29 is 91.7 Å². The quantitative estimate of drug-likeness (QED) is 0.0127. The summed E-state index contributed by atoms with van der Waals surface area (Å²) in [6.07, 6.45) is -0.551. The minimum absolute atomic E-state index is 0.0127. The van der Waals surface area contributed by atoms with Crippen molar-refractivity contribution in [1.82, 2.24) is 41.7 Å². The van der Waals surface area contributed by atoms with Crippen LogP contribution in [0.2, 0.25) is 0 Å². The van der Waals surface area contributed by atoms with Gasteiger partial charge in [0, 0.05) is 101 Å². The van der Waals surface area contributed by atoms with E-state index in [1.807, 2.05) is 158 Å². The first-order valence-corrected chi connectivity index (χ1v) is 48.1. The number of carboxylic acids is 3. The maximum atomic E-state index is 12.8. The van der Waals surface area contributed by atoms with E-state index in [0.29, 0.717) is 84.3 Å². The molecular formula is C114H114N8O19. The maximum Gasteiger partial charge on any atom is 0.407 e. The third-order valence-electron chi connectivity index (χ3n) is 26.7. The number of fused-ring (bicyclic) bond motifs is 18. The number of nitrogens with zero attached hydrogens (tertiary/aromatic N) is 2. The van der Waals surface area contributed by atoms with Gasteiger partial charge in [-0.3, -0.25) is 19.3 Å². The number of carbonyl (C=O) groups is 10. The van der Waals surface area contributed by atoms with E-state index < -0.39 is 60.5 Å². The zero-order valence-electron chi connectivity index (χ0n) is 78.2. The molecule has 12 aromatic rings. The van der Waals surface area contributed by atoms with Crippen molar-refractivity contribution in [2.75, 3.05) is 105 Å². The predicted molar refractivity (Wildman–Crippen MR) is 535 cm³/mol. The first-order chi connectivity index (χ1) is 68.9. The number of carboxylic acid groups (broad SMARTS) is 3. The number of alkyl carbamates (subject to hydrolysis) is 6. The monoisotopic (exact) mass is 1900 g/mol. The molecule has 1 atom stereocenters. The molecule has 0 bridgehead atoms. The van der Waals surface area contributed by atoms with Crippen molar-refractivity contribution in [2.24, 2.45) is 0 Å². The zero-order valence-corrected chi connectivity index (χ0v) is 78.2.